The maximum Gasteiger partial charge on any atom is 0.130 e. The highest BCUT2D eigenvalue weighted by Gasteiger charge is 2.11. The number of rotatable bonds is 6. The standard InChI is InChI=1S/C13H22N2OS/c14-5-4-8-16-12-9-13(17-11-12)10-15-6-2-1-3-7-15/h9,11H,1-8,10,14H2. The highest BCUT2D eigenvalue weighted by molar-refractivity contribution is 7.10. The lowest BCUT2D eigenvalue weighted by Gasteiger charge is -2.25. The molecule has 0 bridgehead atoms. The second-order valence-corrected chi connectivity index (χ2v) is 5.57. The van der Waals surface area contributed by atoms with E-state index in [1.807, 2.05) is 0 Å². The minimum absolute atomic E-state index is 0.699. The van der Waals surface area contributed by atoms with E-state index in [9.17, 15) is 0 Å². The predicted octanol–water partition coefficient (Wildman–Crippen LogP) is 2.46. The fraction of sp³-hybridized carbons (Fsp3) is 0.692. The first kappa shape index (κ1) is 12.9. The van der Waals surface area contributed by atoms with Crippen molar-refractivity contribution in [3.63, 3.8) is 0 Å². The molecule has 1 aromatic rings. The van der Waals surface area contributed by atoms with Crippen LogP contribution in [0.4, 0.5) is 0 Å². The quantitative estimate of drug-likeness (QED) is 0.793. The molecular weight excluding hydrogens is 232 g/mol. The molecule has 96 valence electrons. The fourth-order valence-corrected chi connectivity index (χ4v) is 2.98. The van der Waals surface area contributed by atoms with Gasteiger partial charge in [-0.3, -0.25) is 4.90 Å². The van der Waals surface area contributed by atoms with Crippen LogP contribution in [-0.4, -0.2) is 31.1 Å². The summed E-state index contributed by atoms with van der Waals surface area (Å²) in [4.78, 5) is 3.95. The van der Waals surface area contributed by atoms with Crippen LogP contribution in [0.5, 0.6) is 5.75 Å². The number of ether oxygens (including phenoxy) is 1. The molecule has 1 aliphatic rings. The van der Waals surface area contributed by atoms with Crippen molar-refractivity contribution in [2.24, 2.45) is 5.73 Å². The summed E-state index contributed by atoms with van der Waals surface area (Å²) in [6, 6.07) is 2.18. The predicted molar refractivity (Wildman–Crippen MR) is 72.6 cm³/mol. The topological polar surface area (TPSA) is 38.5 Å². The second kappa shape index (κ2) is 6.99. The zero-order chi connectivity index (χ0) is 11.9. The molecule has 2 rings (SSSR count). The van der Waals surface area contributed by atoms with Crippen LogP contribution in [-0.2, 0) is 6.54 Å². The average molecular weight is 254 g/mol. The van der Waals surface area contributed by atoms with Crippen LogP contribution >= 0.6 is 11.3 Å². The van der Waals surface area contributed by atoms with Gasteiger partial charge in [-0.05, 0) is 45.0 Å². The van der Waals surface area contributed by atoms with Gasteiger partial charge in [-0.15, -0.1) is 11.3 Å². The van der Waals surface area contributed by atoms with E-state index in [4.69, 9.17) is 10.5 Å². The smallest absolute Gasteiger partial charge is 0.130 e. The minimum Gasteiger partial charge on any atom is -0.493 e. The number of nitrogens with two attached hydrogens (primary N) is 1. The Bertz CT molecular complexity index is 321. The third kappa shape index (κ3) is 4.30. The molecule has 0 unspecified atom stereocenters. The van der Waals surface area contributed by atoms with Crippen molar-refractivity contribution >= 4 is 11.3 Å². The molecule has 4 heteroatoms. The Morgan fingerprint density at radius 3 is 2.88 bits per heavy atom. The molecule has 0 radical (unpaired) electrons. The van der Waals surface area contributed by atoms with E-state index in [0.29, 0.717) is 6.54 Å². The number of thiophene rings is 1. The fourth-order valence-electron chi connectivity index (χ4n) is 2.13. The lowest BCUT2D eigenvalue weighted by Crippen LogP contribution is -2.28. The summed E-state index contributed by atoms with van der Waals surface area (Å²) in [6.45, 7) is 5.02. The van der Waals surface area contributed by atoms with Gasteiger partial charge in [-0.25, -0.2) is 0 Å². The monoisotopic (exact) mass is 254 g/mol. The van der Waals surface area contributed by atoms with Crippen molar-refractivity contribution in [2.75, 3.05) is 26.2 Å². The van der Waals surface area contributed by atoms with Crippen molar-refractivity contribution in [2.45, 2.75) is 32.2 Å². The second-order valence-electron chi connectivity index (χ2n) is 4.58. The summed E-state index contributed by atoms with van der Waals surface area (Å²) in [6.07, 6.45) is 5.03. The lowest BCUT2D eigenvalue weighted by molar-refractivity contribution is 0.222. The van der Waals surface area contributed by atoms with Gasteiger partial charge < -0.3 is 10.5 Å². The summed E-state index contributed by atoms with van der Waals surface area (Å²) < 4.78 is 5.63. The molecule has 0 amide bonds. The minimum atomic E-state index is 0.699. The van der Waals surface area contributed by atoms with E-state index in [-0.39, 0.29) is 0 Å². The molecule has 3 nitrogen and oxygen atoms in total. The maximum atomic E-state index is 5.63. The summed E-state index contributed by atoms with van der Waals surface area (Å²) in [5.41, 5.74) is 5.44. The normalized spacial score (nSPS) is 17.2. The highest BCUT2D eigenvalue weighted by atomic mass is 32.1. The molecule has 0 aromatic carbocycles. The van der Waals surface area contributed by atoms with Crippen molar-refractivity contribution in [1.82, 2.24) is 4.90 Å². The van der Waals surface area contributed by atoms with E-state index < -0.39 is 0 Å². The highest BCUT2D eigenvalue weighted by Crippen LogP contribution is 2.24. The third-order valence-electron chi connectivity index (χ3n) is 3.08. The van der Waals surface area contributed by atoms with Crippen LogP contribution < -0.4 is 10.5 Å². The van der Waals surface area contributed by atoms with Gasteiger partial charge in [0.2, 0.25) is 0 Å². The molecule has 1 aromatic heterocycles. The van der Waals surface area contributed by atoms with Crippen LogP contribution in [0.3, 0.4) is 0 Å². The van der Waals surface area contributed by atoms with Gasteiger partial charge in [0.15, 0.2) is 0 Å². The van der Waals surface area contributed by atoms with Crippen LogP contribution in [0, 0.1) is 0 Å². The number of nitrogens with zero attached hydrogens (tertiary/aromatic N) is 1. The molecule has 17 heavy (non-hydrogen) atoms. The average Bonchev–Trinajstić information content (AvgIpc) is 2.79. The van der Waals surface area contributed by atoms with Gasteiger partial charge >= 0.3 is 0 Å². The Morgan fingerprint density at radius 1 is 1.29 bits per heavy atom. The van der Waals surface area contributed by atoms with Crippen LogP contribution in [0.2, 0.25) is 0 Å². The van der Waals surface area contributed by atoms with E-state index >= 15 is 0 Å². The molecule has 1 saturated heterocycles. The molecule has 2 heterocycles. The Labute approximate surface area is 108 Å². The maximum absolute atomic E-state index is 5.63. The zero-order valence-corrected chi connectivity index (χ0v) is 11.2. The summed E-state index contributed by atoms with van der Waals surface area (Å²) in [5.74, 6) is 1.01. The number of likely N-dealkylation sites (tertiary alicyclic amines) is 1. The van der Waals surface area contributed by atoms with Crippen molar-refractivity contribution < 1.29 is 4.74 Å². The van der Waals surface area contributed by atoms with E-state index in [0.717, 1.165) is 25.3 Å². The lowest BCUT2D eigenvalue weighted by atomic mass is 10.1. The van der Waals surface area contributed by atoms with E-state index in [1.165, 1.54) is 37.2 Å². The zero-order valence-electron chi connectivity index (χ0n) is 10.4. The van der Waals surface area contributed by atoms with Crippen LogP contribution in [0.1, 0.15) is 30.6 Å². The van der Waals surface area contributed by atoms with Gasteiger partial charge in [-0.1, -0.05) is 6.42 Å². The number of hydrogen-bond donors (Lipinski definition) is 1. The summed E-state index contributed by atoms with van der Waals surface area (Å²) in [7, 11) is 0. The molecule has 1 aliphatic heterocycles. The first-order valence-corrected chi connectivity index (χ1v) is 7.39. The molecule has 0 saturated carbocycles. The molecule has 0 spiro atoms. The first-order valence-electron chi connectivity index (χ1n) is 6.51. The van der Waals surface area contributed by atoms with E-state index in [1.54, 1.807) is 11.3 Å². The first-order chi connectivity index (χ1) is 8.38. The van der Waals surface area contributed by atoms with Crippen molar-refractivity contribution in [1.29, 1.82) is 0 Å². The van der Waals surface area contributed by atoms with Gasteiger partial charge in [-0.2, -0.15) is 0 Å². The van der Waals surface area contributed by atoms with Gasteiger partial charge in [0.05, 0.1) is 6.61 Å². The molecule has 1 fully saturated rings. The largest absolute Gasteiger partial charge is 0.493 e. The SMILES string of the molecule is NCCCOc1csc(CN2CCCCC2)c1. The summed E-state index contributed by atoms with van der Waals surface area (Å²) in [5, 5.41) is 2.11. The molecular formula is C13H22N2OS. The van der Waals surface area contributed by atoms with Gasteiger partial charge in [0.25, 0.3) is 0 Å². The molecule has 0 atom stereocenters. The Kier molecular flexibility index (Phi) is 5.29. The molecule has 0 aliphatic carbocycles. The molecule has 2 N–H and O–H groups in total. The van der Waals surface area contributed by atoms with Crippen LogP contribution in [0.15, 0.2) is 11.4 Å². The number of hydrogen-bond acceptors (Lipinski definition) is 4. The van der Waals surface area contributed by atoms with Gasteiger partial charge in [0, 0.05) is 16.8 Å². The van der Waals surface area contributed by atoms with Crippen molar-refractivity contribution in [3.05, 3.63) is 16.3 Å². The van der Waals surface area contributed by atoms with Crippen molar-refractivity contribution in [3.8, 4) is 5.75 Å². The van der Waals surface area contributed by atoms with Gasteiger partial charge in [0.1, 0.15) is 5.75 Å². The Morgan fingerprint density at radius 2 is 2.12 bits per heavy atom. The number of piperidine rings is 1. The third-order valence-corrected chi connectivity index (χ3v) is 3.97. The Hall–Kier alpha value is -0.580. The van der Waals surface area contributed by atoms with Crippen LogP contribution in [0.25, 0.3) is 0 Å². The van der Waals surface area contributed by atoms with E-state index in [2.05, 4.69) is 16.3 Å². The Balaban J connectivity index is 1.76. The summed E-state index contributed by atoms with van der Waals surface area (Å²) >= 11 is 1.80.